The lowest BCUT2D eigenvalue weighted by molar-refractivity contribution is -0.143. The smallest absolute Gasteiger partial charge is 0.244 e. The summed E-state index contributed by atoms with van der Waals surface area (Å²) in [4.78, 5) is 41.9. The molecule has 3 amide bonds. The average Bonchev–Trinajstić information content (AvgIpc) is 3.43. The molecular formula is C24H33N3O4S. The fourth-order valence-corrected chi connectivity index (χ4v) is 8.16. The molecule has 174 valence electrons. The second-order valence-electron chi connectivity index (χ2n) is 9.59. The van der Waals surface area contributed by atoms with E-state index in [0.717, 1.165) is 18.4 Å². The quantitative estimate of drug-likeness (QED) is 0.548. The Labute approximate surface area is 193 Å². The highest BCUT2D eigenvalue weighted by molar-refractivity contribution is 8.02. The number of benzene rings is 1. The number of nitrogens with one attached hydrogen (secondary N) is 2. The lowest BCUT2D eigenvalue weighted by Gasteiger charge is -2.37. The number of likely N-dealkylation sites (tertiary alicyclic amines) is 1. The van der Waals surface area contributed by atoms with Crippen molar-refractivity contribution in [1.82, 2.24) is 15.5 Å². The molecule has 3 fully saturated rings. The van der Waals surface area contributed by atoms with Crippen molar-refractivity contribution >= 4 is 29.5 Å². The fourth-order valence-electron chi connectivity index (χ4n) is 5.95. The van der Waals surface area contributed by atoms with Crippen molar-refractivity contribution in [3.8, 4) is 0 Å². The molecule has 4 rings (SSSR count). The van der Waals surface area contributed by atoms with E-state index in [2.05, 4.69) is 10.6 Å². The molecule has 3 aliphatic heterocycles. The van der Waals surface area contributed by atoms with Gasteiger partial charge in [-0.05, 0) is 30.7 Å². The van der Waals surface area contributed by atoms with Crippen LogP contribution >= 0.6 is 11.8 Å². The van der Waals surface area contributed by atoms with Crippen LogP contribution in [0.4, 0.5) is 0 Å². The summed E-state index contributed by atoms with van der Waals surface area (Å²) in [5.41, 5.74) is 0.985. The molecule has 7 nitrogen and oxygen atoms in total. The van der Waals surface area contributed by atoms with Gasteiger partial charge in [0.1, 0.15) is 6.04 Å². The van der Waals surface area contributed by atoms with E-state index in [-0.39, 0.29) is 35.5 Å². The number of hydrogen-bond donors (Lipinski definition) is 3. The number of amides is 3. The molecule has 0 aliphatic carbocycles. The summed E-state index contributed by atoms with van der Waals surface area (Å²) in [6.45, 7) is 4.26. The van der Waals surface area contributed by atoms with Crippen molar-refractivity contribution in [2.75, 3.05) is 13.7 Å². The summed E-state index contributed by atoms with van der Waals surface area (Å²) in [5.74, 6) is -1.19. The van der Waals surface area contributed by atoms with Crippen LogP contribution in [0.15, 0.2) is 30.3 Å². The zero-order chi connectivity index (χ0) is 23.0. The third kappa shape index (κ3) is 3.71. The largest absolute Gasteiger partial charge is 0.394 e. The molecule has 1 aromatic carbocycles. The Kier molecular flexibility index (Phi) is 6.54. The Balaban J connectivity index is 1.69. The first-order valence-corrected chi connectivity index (χ1v) is 12.4. The molecule has 8 heteroatoms. The van der Waals surface area contributed by atoms with E-state index in [0.29, 0.717) is 13.0 Å². The number of fused-ring (bicyclic) bond motifs is 1. The molecule has 1 spiro atoms. The predicted molar refractivity (Wildman–Crippen MR) is 124 cm³/mol. The van der Waals surface area contributed by atoms with Crippen molar-refractivity contribution < 1.29 is 19.5 Å². The van der Waals surface area contributed by atoms with Crippen LogP contribution in [0.25, 0.3) is 0 Å². The number of thioether (sulfide) groups is 1. The second kappa shape index (κ2) is 9.06. The fraction of sp³-hybridized carbons (Fsp3) is 0.625. The third-order valence-electron chi connectivity index (χ3n) is 7.19. The number of rotatable bonds is 8. The number of nitrogens with zero attached hydrogens (tertiary/aromatic N) is 1. The minimum atomic E-state index is -0.690. The van der Waals surface area contributed by atoms with Gasteiger partial charge in [-0.15, -0.1) is 11.8 Å². The monoisotopic (exact) mass is 459 g/mol. The molecule has 32 heavy (non-hydrogen) atoms. The molecule has 0 radical (unpaired) electrons. The van der Waals surface area contributed by atoms with Gasteiger partial charge >= 0.3 is 0 Å². The first-order valence-electron chi connectivity index (χ1n) is 11.5. The topological polar surface area (TPSA) is 98.7 Å². The van der Waals surface area contributed by atoms with E-state index in [1.54, 1.807) is 23.7 Å². The van der Waals surface area contributed by atoms with Crippen LogP contribution in [0.2, 0.25) is 0 Å². The van der Waals surface area contributed by atoms with Gasteiger partial charge in [-0.25, -0.2) is 0 Å². The third-order valence-corrected chi connectivity index (χ3v) is 9.14. The van der Waals surface area contributed by atoms with E-state index in [1.165, 1.54) is 0 Å². The zero-order valence-electron chi connectivity index (χ0n) is 18.9. The van der Waals surface area contributed by atoms with Crippen LogP contribution in [0.5, 0.6) is 0 Å². The number of carbonyl (C=O) groups is 3. The maximum absolute atomic E-state index is 13.8. The van der Waals surface area contributed by atoms with Gasteiger partial charge < -0.3 is 20.6 Å². The van der Waals surface area contributed by atoms with Gasteiger partial charge in [0.15, 0.2) is 0 Å². The molecule has 1 aromatic rings. The minimum absolute atomic E-state index is 0.0492. The summed E-state index contributed by atoms with van der Waals surface area (Å²) in [5, 5.41) is 16.0. The first-order chi connectivity index (χ1) is 15.3. The molecule has 3 heterocycles. The maximum Gasteiger partial charge on any atom is 0.244 e. The van der Waals surface area contributed by atoms with Gasteiger partial charge in [0.05, 0.1) is 29.2 Å². The molecule has 0 aromatic heterocycles. The number of carbonyl (C=O) groups excluding carboxylic acids is 3. The van der Waals surface area contributed by atoms with Crippen molar-refractivity contribution in [2.24, 2.45) is 17.8 Å². The summed E-state index contributed by atoms with van der Waals surface area (Å²) in [7, 11) is 1.60. The van der Waals surface area contributed by atoms with E-state index in [4.69, 9.17) is 0 Å². The standard InChI is InChI=1S/C24H33N3O4S/c1-14(2)11-16(13-28)27-20(22(30)26-12-15-7-5-4-6-8-15)24-10-9-17(32-24)18(21(29)25-3)19(24)23(27)31/h4-8,14,16-20,28H,9-13H2,1-3H3,(H,25,29)(H,26,30)/t16-,17-,18+,19+,20?,24?/m1/s1. The molecule has 3 N–H and O–H groups in total. The lowest BCUT2D eigenvalue weighted by Crippen LogP contribution is -2.56. The summed E-state index contributed by atoms with van der Waals surface area (Å²) < 4.78 is -0.621. The lowest BCUT2D eigenvalue weighted by atomic mass is 9.71. The Morgan fingerprint density at radius 1 is 1.25 bits per heavy atom. The van der Waals surface area contributed by atoms with Crippen LogP contribution in [0.1, 0.15) is 38.7 Å². The molecule has 2 bridgehead atoms. The highest BCUT2D eigenvalue weighted by atomic mass is 32.2. The van der Waals surface area contributed by atoms with Crippen LogP contribution in [-0.4, -0.2) is 63.5 Å². The summed E-state index contributed by atoms with van der Waals surface area (Å²) >= 11 is 1.65. The van der Waals surface area contributed by atoms with Crippen molar-refractivity contribution in [2.45, 2.75) is 61.7 Å². The van der Waals surface area contributed by atoms with Crippen molar-refractivity contribution in [3.05, 3.63) is 35.9 Å². The first kappa shape index (κ1) is 23.1. The zero-order valence-corrected chi connectivity index (χ0v) is 19.7. The number of aliphatic hydroxyl groups excluding tert-OH is 1. The normalized spacial score (nSPS) is 31.7. The summed E-state index contributed by atoms with van der Waals surface area (Å²) in [6, 6.07) is 8.54. The molecule has 3 aliphatic rings. The van der Waals surface area contributed by atoms with Gasteiger partial charge in [0.25, 0.3) is 0 Å². The van der Waals surface area contributed by atoms with Gasteiger partial charge in [-0.1, -0.05) is 44.2 Å². The Hall–Kier alpha value is -2.06. The van der Waals surface area contributed by atoms with E-state index in [1.807, 2.05) is 44.2 Å². The Morgan fingerprint density at radius 2 is 1.97 bits per heavy atom. The van der Waals surface area contributed by atoms with Gasteiger partial charge in [-0.3, -0.25) is 14.4 Å². The minimum Gasteiger partial charge on any atom is -0.394 e. The van der Waals surface area contributed by atoms with Gasteiger partial charge in [0.2, 0.25) is 17.7 Å². The molecular weight excluding hydrogens is 426 g/mol. The van der Waals surface area contributed by atoms with Crippen LogP contribution in [0.3, 0.4) is 0 Å². The van der Waals surface area contributed by atoms with Crippen molar-refractivity contribution in [1.29, 1.82) is 0 Å². The number of aliphatic hydroxyl groups is 1. The molecule has 2 unspecified atom stereocenters. The van der Waals surface area contributed by atoms with Crippen LogP contribution < -0.4 is 10.6 Å². The highest BCUT2D eigenvalue weighted by Gasteiger charge is 2.74. The molecule has 3 saturated heterocycles. The van der Waals surface area contributed by atoms with E-state index < -0.39 is 28.7 Å². The Morgan fingerprint density at radius 3 is 2.59 bits per heavy atom. The summed E-state index contributed by atoms with van der Waals surface area (Å²) in [6.07, 6.45) is 2.15. The van der Waals surface area contributed by atoms with Gasteiger partial charge in [0, 0.05) is 18.8 Å². The maximum atomic E-state index is 13.8. The SMILES string of the molecule is CNC(=O)[C@@H]1[C@H]2C(=O)N([C@@H](CO)CC(C)C)C(C(=O)NCc3ccccc3)C23CC[C@H]1S3. The second-order valence-corrected chi connectivity index (χ2v) is 11.2. The van der Waals surface area contributed by atoms with E-state index in [9.17, 15) is 19.5 Å². The average molecular weight is 460 g/mol. The molecule has 6 atom stereocenters. The number of hydrogen-bond acceptors (Lipinski definition) is 5. The predicted octanol–water partition coefficient (Wildman–Crippen LogP) is 1.55. The van der Waals surface area contributed by atoms with Gasteiger partial charge in [-0.2, -0.15) is 0 Å². The van der Waals surface area contributed by atoms with Crippen LogP contribution in [-0.2, 0) is 20.9 Å². The molecule has 0 saturated carbocycles. The van der Waals surface area contributed by atoms with Crippen LogP contribution in [0, 0.1) is 17.8 Å². The highest BCUT2D eigenvalue weighted by Crippen LogP contribution is 2.66. The Bertz CT molecular complexity index is 879. The van der Waals surface area contributed by atoms with E-state index >= 15 is 0 Å². The van der Waals surface area contributed by atoms with Crippen molar-refractivity contribution in [3.63, 3.8) is 0 Å².